The lowest BCUT2D eigenvalue weighted by Crippen LogP contribution is -2.41. The van der Waals surface area contributed by atoms with Crippen molar-refractivity contribution >= 4 is 9.84 Å². The molecule has 0 spiro atoms. The molecule has 0 fully saturated rings. The number of nitrogens with one attached hydrogen (secondary N) is 1. The molecular formula is C11H15F3N2O2S. The first-order chi connectivity index (χ1) is 8.62. The van der Waals surface area contributed by atoms with Crippen LogP contribution in [0.5, 0.6) is 0 Å². The van der Waals surface area contributed by atoms with E-state index in [4.69, 9.17) is 5.84 Å². The third-order valence-electron chi connectivity index (χ3n) is 2.48. The standard InChI is InChI=1S/C11H15F3N2O2S/c1-19(17,18)7-10(16-15)6-8-3-2-4-9(5-8)11(12,13)14/h2-5,10,16H,6-7,15H2,1H3. The fourth-order valence-electron chi connectivity index (χ4n) is 1.69. The van der Waals surface area contributed by atoms with Crippen LogP contribution < -0.4 is 11.3 Å². The molecule has 0 bridgehead atoms. The number of halogens is 3. The molecule has 1 aromatic carbocycles. The quantitative estimate of drug-likeness (QED) is 0.631. The molecule has 4 nitrogen and oxygen atoms in total. The van der Waals surface area contributed by atoms with E-state index in [2.05, 4.69) is 5.43 Å². The van der Waals surface area contributed by atoms with E-state index in [1.54, 1.807) is 0 Å². The van der Waals surface area contributed by atoms with Crippen LogP contribution in [-0.4, -0.2) is 26.5 Å². The number of alkyl halides is 3. The minimum Gasteiger partial charge on any atom is -0.271 e. The van der Waals surface area contributed by atoms with Crippen molar-refractivity contribution in [3.8, 4) is 0 Å². The van der Waals surface area contributed by atoms with Gasteiger partial charge in [0.15, 0.2) is 0 Å². The maximum absolute atomic E-state index is 12.5. The van der Waals surface area contributed by atoms with Crippen LogP contribution in [0.15, 0.2) is 24.3 Å². The number of hydrogen-bond donors (Lipinski definition) is 2. The van der Waals surface area contributed by atoms with Crippen molar-refractivity contribution in [2.45, 2.75) is 18.6 Å². The minimum atomic E-state index is -4.42. The molecule has 0 heterocycles. The lowest BCUT2D eigenvalue weighted by Gasteiger charge is -2.15. The Morgan fingerprint density at radius 1 is 1.37 bits per heavy atom. The van der Waals surface area contributed by atoms with E-state index < -0.39 is 27.6 Å². The molecule has 108 valence electrons. The summed E-state index contributed by atoms with van der Waals surface area (Å²) in [4.78, 5) is 0. The second-order valence-electron chi connectivity index (χ2n) is 4.36. The molecule has 0 saturated carbocycles. The molecule has 1 rings (SSSR count). The lowest BCUT2D eigenvalue weighted by atomic mass is 10.0. The Morgan fingerprint density at radius 3 is 2.47 bits per heavy atom. The van der Waals surface area contributed by atoms with Crippen molar-refractivity contribution < 1.29 is 21.6 Å². The third-order valence-corrected chi connectivity index (χ3v) is 3.48. The van der Waals surface area contributed by atoms with Crippen LogP contribution in [0.1, 0.15) is 11.1 Å². The first kappa shape index (κ1) is 15.9. The summed E-state index contributed by atoms with van der Waals surface area (Å²) >= 11 is 0. The highest BCUT2D eigenvalue weighted by atomic mass is 32.2. The monoisotopic (exact) mass is 296 g/mol. The zero-order valence-electron chi connectivity index (χ0n) is 10.2. The predicted octanol–water partition coefficient (Wildman–Crippen LogP) is 1.12. The third kappa shape index (κ3) is 5.58. The molecular weight excluding hydrogens is 281 g/mol. The Hall–Kier alpha value is -1.12. The van der Waals surface area contributed by atoms with Gasteiger partial charge in [0.05, 0.1) is 11.3 Å². The van der Waals surface area contributed by atoms with Gasteiger partial charge in [0.1, 0.15) is 9.84 Å². The van der Waals surface area contributed by atoms with E-state index in [0.29, 0.717) is 5.56 Å². The Balaban J connectivity index is 2.86. The van der Waals surface area contributed by atoms with E-state index >= 15 is 0 Å². The van der Waals surface area contributed by atoms with Gasteiger partial charge in [-0.25, -0.2) is 8.42 Å². The molecule has 19 heavy (non-hydrogen) atoms. The Kier molecular flexibility index (Phi) is 4.94. The van der Waals surface area contributed by atoms with Crippen molar-refractivity contribution in [2.24, 2.45) is 5.84 Å². The fraction of sp³-hybridized carbons (Fsp3) is 0.455. The Bertz CT molecular complexity index is 529. The predicted molar refractivity (Wildman–Crippen MR) is 66.0 cm³/mol. The van der Waals surface area contributed by atoms with Gasteiger partial charge in [-0.05, 0) is 18.1 Å². The molecule has 1 unspecified atom stereocenters. The van der Waals surface area contributed by atoms with Crippen LogP contribution in [0, 0.1) is 0 Å². The van der Waals surface area contributed by atoms with Crippen LogP contribution in [-0.2, 0) is 22.4 Å². The molecule has 0 aliphatic heterocycles. The second-order valence-corrected chi connectivity index (χ2v) is 6.54. The number of hydrazine groups is 1. The van der Waals surface area contributed by atoms with Gasteiger partial charge in [-0.3, -0.25) is 11.3 Å². The van der Waals surface area contributed by atoms with Crippen LogP contribution in [0.3, 0.4) is 0 Å². The highest BCUT2D eigenvalue weighted by Gasteiger charge is 2.30. The lowest BCUT2D eigenvalue weighted by molar-refractivity contribution is -0.137. The highest BCUT2D eigenvalue weighted by Crippen LogP contribution is 2.29. The van der Waals surface area contributed by atoms with Gasteiger partial charge in [-0.2, -0.15) is 13.2 Å². The number of hydrogen-bond acceptors (Lipinski definition) is 4. The van der Waals surface area contributed by atoms with E-state index in [9.17, 15) is 21.6 Å². The van der Waals surface area contributed by atoms with E-state index in [0.717, 1.165) is 18.4 Å². The second kappa shape index (κ2) is 5.89. The summed E-state index contributed by atoms with van der Waals surface area (Å²) in [6.45, 7) is 0. The van der Waals surface area contributed by atoms with Gasteiger partial charge in [0.25, 0.3) is 0 Å². The van der Waals surface area contributed by atoms with Crippen molar-refractivity contribution in [3.63, 3.8) is 0 Å². The minimum absolute atomic E-state index is 0.105. The molecule has 3 N–H and O–H groups in total. The largest absolute Gasteiger partial charge is 0.416 e. The highest BCUT2D eigenvalue weighted by molar-refractivity contribution is 7.90. The summed E-state index contributed by atoms with van der Waals surface area (Å²) in [7, 11) is -3.26. The van der Waals surface area contributed by atoms with E-state index in [1.165, 1.54) is 12.1 Å². The van der Waals surface area contributed by atoms with E-state index in [1.807, 2.05) is 0 Å². The summed E-state index contributed by atoms with van der Waals surface area (Å²) in [5.74, 6) is 4.98. The molecule has 8 heteroatoms. The average Bonchev–Trinajstić information content (AvgIpc) is 2.25. The molecule has 0 amide bonds. The van der Waals surface area contributed by atoms with Crippen molar-refractivity contribution in [2.75, 3.05) is 12.0 Å². The van der Waals surface area contributed by atoms with Gasteiger partial charge in [-0.1, -0.05) is 18.2 Å². The fourth-order valence-corrected chi connectivity index (χ4v) is 2.64. The summed E-state index contributed by atoms with van der Waals surface area (Å²) in [6.07, 6.45) is -3.27. The normalized spacial score (nSPS) is 14.4. The molecule has 1 aromatic rings. The maximum atomic E-state index is 12.5. The van der Waals surface area contributed by atoms with Gasteiger partial charge < -0.3 is 0 Å². The molecule has 0 saturated heterocycles. The SMILES string of the molecule is CS(=O)(=O)CC(Cc1cccc(C(F)(F)F)c1)NN. The van der Waals surface area contributed by atoms with Gasteiger partial charge in [0, 0.05) is 12.3 Å². The number of nitrogens with two attached hydrogens (primary N) is 1. The zero-order valence-corrected chi connectivity index (χ0v) is 11.1. The number of sulfone groups is 1. The maximum Gasteiger partial charge on any atom is 0.416 e. The molecule has 1 atom stereocenters. The van der Waals surface area contributed by atoms with Crippen LogP contribution >= 0.6 is 0 Å². The first-order valence-electron chi connectivity index (χ1n) is 5.42. The Morgan fingerprint density at radius 2 is 2.00 bits per heavy atom. The van der Waals surface area contributed by atoms with Crippen molar-refractivity contribution in [3.05, 3.63) is 35.4 Å². The van der Waals surface area contributed by atoms with Crippen molar-refractivity contribution in [1.82, 2.24) is 5.43 Å². The van der Waals surface area contributed by atoms with Gasteiger partial charge in [0.2, 0.25) is 0 Å². The topological polar surface area (TPSA) is 72.2 Å². The zero-order chi connectivity index (χ0) is 14.7. The summed E-state index contributed by atoms with van der Waals surface area (Å²) in [6, 6.07) is 4.12. The van der Waals surface area contributed by atoms with Gasteiger partial charge in [-0.15, -0.1) is 0 Å². The molecule has 0 aromatic heterocycles. The summed E-state index contributed by atoms with van der Waals surface area (Å²) in [5, 5.41) is 0. The smallest absolute Gasteiger partial charge is 0.271 e. The van der Waals surface area contributed by atoms with Crippen LogP contribution in [0.4, 0.5) is 13.2 Å². The van der Waals surface area contributed by atoms with Crippen LogP contribution in [0.25, 0.3) is 0 Å². The first-order valence-corrected chi connectivity index (χ1v) is 7.48. The summed E-state index contributed by atoms with van der Waals surface area (Å²) in [5.41, 5.74) is 1.92. The molecule has 0 aliphatic rings. The van der Waals surface area contributed by atoms with Crippen LogP contribution in [0.2, 0.25) is 0 Å². The molecule has 0 aliphatic carbocycles. The van der Waals surface area contributed by atoms with Crippen molar-refractivity contribution in [1.29, 1.82) is 0 Å². The van der Waals surface area contributed by atoms with Gasteiger partial charge >= 0.3 is 6.18 Å². The Labute approximate surface area is 109 Å². The number of benzene rings is 1. The molecule has 0 radical (unpaired) electrons. The number of rotatable bonds is 5. The summed E-state index contributed by atoms with van der Waals surface area (Å²) < 4.78 is 59.8. The average molecular weight is 296 g/mol. The van der Waals surface area contributed by atoms with E-state index in [-0.39, 0.29) is 12.2 Å².